The molecule has 0 saturated heterocycles. The maximum Gasteiger partial charge on any atom is 0.133 e. The van der Waals surface area contributed by atoms with Gasteiger partial charge in [0.1, 0.15) is 11.3 Å². The van der Waals surface area contributed by atoms with Crippen molar-refractivity contribution in [2.45, 2.75) is 13.0 Å². The molecule has 2 heterocycles. The molecule has 0 fully saturated rings. The molecule has 6 heteroatoms. The van der Waals surface area contributed by atoms with E-state index in [2.05, 4.69) is 5.10 Å². The maximum atomic E-state index is 10.2. The van der Waals surface area contributed by atoms with Crippen LogP contribution in [0.5, 0.6) is 0 Å². The second kappa shape index (κ2) is 4.37. The smallest absolute Gasteiger partial charge is 0.133 e. The summed E-state index contributed by atoms with van der Waals surface area (Å²) in [6.45, 7) is 1.82. The first-order valence-corrected chi connectivity index (χ1v) is 6.20. The summed E-state index contributed by atoms with van der Waals surface area (Å²) in [5.41, 5.74) is 1.37. The van der Waals surface area contributed by atoms with Gasteiger partial charge in [0.25, 0.3) is 0 Å². The predicted octanol–water partition coefficient (Wildman–Crippen LogP) is 3.18. The van der Waals surface area contributed by atoms with E-state index < -0.39 is 6.10 Å². The molecule has 16 heavy (non-hydrogen) atoms. The molecular formula is C10H10Cl2N2OS. The largest absolute Gasteiger partial charge is 0.383 e. The van der Waals surface area contributed by atoms with Crippen molar-refractivity contribution in [3.8, 4) is 0 Å². The van der Waals surface area contributed by atoms with Gasteiger partial charge in [-0.1, -0.05) is 23.2 Å². The number of aliphatic hydroxyl groups excluding tert-OH is 1. The normalized spacial score (nSPS) is 13.1. The van der Waals surface area contributed by atoms with Crippen LogP contribution in [0.3, 0.4) is 0 Å². The van der Waals surface area contributed by atoms with Crippen LogP contribution in [0.15, 0.2) is 12.1 Å². The topological polar surface area (TPSA) is 38.0 Å². The molecule has 2 aromatic rings. The molecule has 1 unspecified atom stereocenters. The first kappa shape index (κ1) is 11.9. The van der Waals surface area contributed by atoms with Gasteiger partial charge in [-0.2, -0.15) is 5.10 Å². The van der Waals surface area contributed by atoms with Crippen LogP contribution in [0.2, 0.25) is 9.49 Å². The number of hydrogen-bond donors (Lipinski definition) is 1. The van der Waals surface area contributed by atoms with Crippen molar-refractivity contribution in [3.05, 3.63) is 37.8 Å². The van der Waals surface area contributed by atoms with Crippen LogP contribution in [0, 0.1) is 6.92 Å². The number of thiophene rings is 1. The van der Waals surface area contributed by atoms with Crippen molar-refractivity contribution in [1.29, 1.82) is 0 Å². The lowest BCUT2D eigenvalue weighted by molar-refractivity contribution is 0.223. The summed E-state index contributed by atoms with van der Waals surface area (Å²) in [7, 11) is 1.74. The lowest BCUT2D eigenvalue weighted by Gasteiger charge is -2.07. The zero-order chi connectivity index (χ0) is 11.9. The van der Waals surface area contributed by atoms with E-state index in [1.54, 1.807) is 23.9 Å². The molecule has 0 aliphatic rings. The third-order valence-corrected chi connectivity index (χ3v) is 4.06. The average Bonchev–Trinajstić information content (AvgIpc) is 2.73. The quantitative estimate of drug-likeness (QED) is 0.915. The van der Waals surface area contributed by atoms with Gasteiger partial charge in [0.15, 0.2) is 0 Å². The van der Waals surface area contributed by atoms with Crippen molar-refractivity contribution in [1.82, 2.24) is 9.78 Å². The van der Waals surface area contributed by atoms with Crippen LogP contribution in [0.4, 0.5) is 0 Å². The summed E-state index contributed by atoms with van der Waals surface area (Å²) >= 11 is 13.2. The minimum absolute atomic E-state index is 0.453. The third kappa shape index (κ3) is 1.98. The lowest BCUT2D eigenvalue weighted by atomic mass is 10.1. The minimum Gasteiger partial charge on any atom is -0.383 e. The van der Waals surface area contributed by atoms with E-state index in [0.29, 0.717) is 15.1 Å². The summed E-state index contributed by atoms with van der Waals surface area (Å²) in [6.07, 6.45) is -0.765. The number of hydrogen-bond acceptors (Lipinski definition) is 3. The molecule has 0 bridgehead atoms. The van der Waals surface area contributed by atoms with Crippen LogP contribution in [0.1, 0.15) is 22.2 Å². The van der Waals surface area contributed by atoms with E-state index in [-0.39, 0.29) is 0 Å². The SMILES string of the molecule is Cc1nn(C)c(Cl)c1C(O)c1ccc(Cl)s1. The van der Waals surface area contributed by atoms with Gasteiger partial charge in [-0.3, -0.25) is 4.68 Å². The summed E-state index contributed by atoms with van der Waals surface area (Å²) in [5.74, 6) is 0. The Hall–Kier alpha value is -0.550. The Bertz CT molecular complexity index is 521. The van der Waals surface area contributed by atoms with Crippen LogP contribution in [-0.2, 0) is 7.05 Å². The fourth-order valence-electron chi connectivity index (χ4n) is 1.57. The summed E-state index contributed by atoms with van der Waals surface area (Å²) in [4.78, 5) is 0.767. The molecule has 2 aromatic heterocycles. The fourth-order valence-corrected chi connectivity index (χ4v) is 2.91. The van der Waals surface area contributed by atoms with Crippen LogP contribution >= 0.6 is 34.5 Å². The second-order valence-corrected chi connectivity index (χ2v) is 5.56. The Kier molecular flexibility index (Phi) is 3.26. The fraction of sp³-hybridized carbons (Fsp3) is 0.300. The highest BCUT2D eigenvalue weighted by molar-refractivity contribution is 7.16. The second-order valence-electron chi connectivity index (χ2n) is 3.46. The van der Waals surface area contributed by atoms with Crippen LogP contribution in [0.25, 0.3) is 0 Å². The van der Waals surface area contributed by atoms with Gasteiger partial charge in [0.05, 0.1) is 10.0 Å². The van der Waals surface area contributed by atoms with Gasteiger partial charge in [-0.05, 0) is 19.1 Å². The zero-order valence-corrected chi connectivity index (χ0v) is 11.1. The molecule has 0 amide bonds. The molecule has 0 aromatic carbocycles. The molecule has 0 spiro atoms. The molecule has 0 aliphatic carbocycles. The van der Waals surface area contributed by atoms with E-state index >= 15 is 0 Å². The maximum absolute atomic E-state index is 10.2. The van der Waals surface area contributed by atoms with E-state index in [1.165, 1.54) is 11.3 Å². The Morgan fingerprint density at radius 1 is 1.44 bits per heavy atom. The monoisotopic (exact) mass is 276 g/mol. The molecule has 0 aliphatic heterocycles. The number of aliphatic hydroxyl groups is 1. The van der Waals surface area contributed by atoms with Gasteiger partial charge in [-0.15, -0.1) is 11.3 Å². The summed E-state index contributed by atoms with van der Waals surface area (Å²) in [5, 5.41) is 14.8. The van der Waals surface area contributed by atoms with Crippen molar-refractivity contribution in [2.24, 2.45) is 7.05 Å². The lowest BCUT2D eigenvalue weighted by Crippen LogP contribution is -1.98. The highest BCUT2D eigenvalue weighted by atomic mass is 35.5. The number of halogens is 2. The van der Waals surface area contributed by atoms with Crippen molar-refractivity contribution in [2.75, 3.05) is 0 Å². The molecule has 3 nitrogen and oxygen atoms in total. The molecule has 0 saturated carbocycles. The molecular weight excluding hydrogens is 267 g/mol. The number of rotatable bonds is 2. The third-order valence-electron chi connectivity index (χ3n) is 2.33. The first-order chi connectivity index (χ1) is 7.50. The number of nitrogens with zero attached hydrogens (tertiary/aromatic N) is 2. The predicted molar refractivity (Wildman–Crippen MR) is 66.3 cm³/mol. The van der Waals surface area contributed by atoms with Gasteiger partial charge >= 0.3 is 0 Å². The number of aryl methyl sites for hydroxylation is 2. The van der Waals surface area contributed by atoms with Gasteiger partial charge in [0, 0.05) is 17.5 Å². The Morgan fingerprint density at radius 3 is 2.56 bits per heavy atom. The Morgan fingerprint density at radius 2 is 2.12 bits per heavy atom. The van der Waals surface area contributed by atoms with Crippen LogP contribution < -0.4 is 0 Å². The molecule has 2 rings (SSSR count). The Balaban J connectivity index is 2.44. The summed E-state index contributed by atoms with van der Waals surface area (Å²) < 4.78 is 2.19. The molecule has 1 N–H and O–H groups in total. The average molecular weight is 277 g/mol. The van der Waals surface area contributed by atoms with Gasteiger partial charge in [-0.25, -0.2) is 0 Å². The van der Waals surface area contributed by atoms with Gasteiger partial charge in [0.2, 0.25) is 0 Å². The molecule has 0 radical (unpaired) electrons. The standard InChI is InChI=1S/C10H10Cl2N2OS/c1-5-8(10(12)14(2)13-5)9(15)6-3-4-7(11)16-6/h3-4,9,15H,1-2H3. The highest BCUT2D eigenvalue weighted by Gasteiger charge is 2.22. The molecule has 86 valence electrons. The van der Waals surface area contributed by atoms with Crippen molar-refractivity contribution in [3.63, 3.8) is 0 Å². The van der Waals surface area contributed by atoms with E-state index in [1.807, 2.05) is 6.92 Å². The first-order valence-electron chi connectivity index (χ1n) is 4.63. The Labute approximate surface area is 107 Å². The molecule has 1 atom stereocenters. The van der Waals surface area contributed by atoms with Gasteiger partial charge < -0.3 is 5.11 Å². The van der Waals surface area contributed by atoms with E-state index in [4.69, 9.17) is 23.2 Å². The van der Waals surface area contributed by atoms with Crippen molar-refractivity contribution >= 4 is 34.5 Å². The zero-order valence-electron chi connectivity index (χ0n) is 8.74. The summed E-state index contributed by atoms with van der Waals surface area (Å²) in [6, 6.07) is 3.55. The van der Waals surface area contributed by atoms with Crippen LogP contribution in [-0.4, -0.2) is 14.9 Å². The highest BCUT2D eigenvalue weighted by Crippen LogP contribution is 2.35. The van der Waals surface area contributed by atoms with E-state index in [9.17, 15) is 5.11 Å². The number of aromatic nitrogens is 2. The van der Waals surface area contributed by atoms with Crippen molar-refractivity contribution < 1.29 is 5.11 Å². The minimum atomic E-state index is -0.765. The van der Waals surface area contributed by atoms with E-state index in [0.717, 1.165) is 10.6 Å².